The number of imidazole rings is 1. The highest BCUT2D eigenvalue weighted by molar-refractivity contribution is 5.80. The molecule has 2 aromatic heterocycles. The number of fused-ring (bicyclic) bond motifs is 1. The Balaban J connectivity index is 2.25. The molecule has 2 heterocycles. The minimum absolute atomic E-state index is 0.984. The normalized spacial score (nSPS) is 10.9. The van der Waals surface area contributed by atoms with Crippen molar-refractivity contribution in [1.82, 2.24) is 14.5 Å². The van der Waals surface area contributed by atoms with Gasteiger partial charge in [-0.1, -0.05) is 19.1 Å². The molecule has 0 aliphatic carbocycles. The van der Waals surface area contributed by atoms with Gasteiger partial charge < -0.3 is 4.57 Å². The van der Waals surface area contributed by atoms with Gasteiger partial charge in [0.25, 0.3) is 0 Å². The first kappa shape index (κ1) is 11.0. The second kappa shape index (κ2) is 4.61. The summed E-state index contributed by atoms with van der Waals surface area (Å²) < 4.78 is 2.28. The lowest BCUT2D eigenvalue weighted by atomic mass is 10.2. The predicted molar refractivity (Wildman–Crippen MR) is 73.3 cm³/mol. The van der Waals surface area contributed by atoms with Gasteiger partial charge in [-0.2, -0.15) is 0 Å². The van der Waals surface area contributed by atoms with Gasteiger partial charge in [0.05, 0.1) is 11.0 Å². The van der Waals surface area contributed by atoms with Gasteiger partial charge in [-0.25, -0.2) is 4.98 Å². The number of hydrogen-bond donors (Lipinski definition) is 0. The fourth-order valence-corrected chi connectivity index (χ4v) is 2.25. The van der Waals surface area contributed by atoms with E-state index in [-0.39, 0.29) is 0 Å². The van der Waals surface area contributed by atoms with Crippen LogP contribution < -0.4 is 0 Å². The molecule has 0 saturated heterocycles. The van der Waals surface area contributed by atoms with Gasteiger partial charge in [-0.15, -0.1) is 0 Å². The standard InChI is InChI=1S/C15H15N3/c1-2-11-18-14-6-4-3-5-13(14)17-15(18)12-7-9-16-10-8-12/h3-10H,2,11H2,1H3. The maximum absolute atomic E-state index is 4.74. The van der Waals surface area contributed by atoms with Gasteiger partial charge in [-0.05, 0) is 30.7 Å². The first-order valence-corrected chi connectivity index (χ1v) is 6.26. The maximum atomic E-state index is 4.74. The zero-order valence-electron chi connectivity index (χ0n) is 10.4. The number of para-hydroxylation sites is 2. The van der Waals surface area contributed by atoms with E-state index in [1.807, 2.05) is 30.6 Å². The molecule has 0 saturated carbocycles. The molecule has 3 aromatic rings. The summed E-state index contributed by atoms with van der Waals surface area (Å²) >= 11 is 0. The SMILES string of the molecule is CCCn1c(-c2ccncc2)nc2ccccc21. The van der Waals surface area contributed by atoms with Crippen LogP contribution in [0.3, 0.4) is 0 Å². The Morgan fingerprint density at radius 1 is 1.06 bits per heavy atom. The first-order chi connectivity index (χ1) is 8.90. The van der Waals surface area contributed by atoms with E-state index in [0.717, 1.165) is 29.9 Å². The molecule has 0 radical (unpaired) electrons. The zero-order valence-corrected chi connectivity index (χ0v) is 10.4. The number of benzene rings is 1. The van der Waals surface area contributed by atoms with E-state index in [1.165, 1.54) is 5.52 Å². The molecule has 0 aliphatic heterocycles. The van der Waals surface area contributed by atoms with Crippen molar-refractivity contribution in [3.05, 3.63) is 48.8 Å². The largest absolute Gasteiger partial charge is 0.324 e. The van der Waals surface area contributed by atoms with Crippen LogP contribution >= 0.6 is 0 Å². The summed E-state index contributed by atoms with van der Waals surface area (Å²) in [4.78, 5) is 8.80. The van der Waals surface area contributed by atoms with Crippen molar-refractivity contribution in [2.45, 2.75) is 19.9 Å². The lowest BCUT2D eigenvalue weighted by Gasteiger charge is -2.07. The van der Waals surface area contributed by atoms with Crippen molar-refractivity contribution in [2.24, 2.45) is 0 Å². The van der Waals surface area contributed by atoms with Crippen LogP contribution in [-0.4, -0.2) is 14.5 Å². The third kappa shape index (κ3) is 1.78. The minimum atomic E-state index is 0.984. The number of pyridine rings is 1. The summed E-state index contributed by atoms with van der Waals surface area (Å²) in [6.07, 6.45) is 4.72. The summed E-state index contributed by atoms with van der Waals surface area (Å²) in [7, 11) is 0. The van der Waals surface area contributed by atoms with Gasteiger partial charge in [-0.3, -0.25) is 4.98 Å². The van der Waals surface area contributed by atoms with E-state index in [0.29, 0.717) is 0 Å². The summed E-state index contributed by atoms with van der Waals surface area (Å²) in [6, 6.07) is 12.3. The number of aryl methyl sites for hydroxylation is 1. The number of rotatable bonds is 3. The molecule has 0 bridgehead atoms. The summed E-state index contributed by atoms with van der Waals surface area (Å²) in [5.41, 5.74) is 3.37. The highest BCUT2D eigenvalue weighted by atomic mass is 15.1. The molecule has 0 aliphatic rings. The second-order valence-electron chi connectivity index (χ2n) is 4.31. The molecule has 0 spiro atoms. The Morgan fingerprint density at radius 3 is 2.61 bits per heavy atom. The van der Waals surface area contributed by atoms with Crippen LogP contribution in [0.2, 0.25) is 0 Å². The first-order valence-electron chi connectivity index (χ1n) is 6.26. The second-order valence-corrected chi connectivity index (χ2v) is 4.31. The predicted octanol–water partition coefficient (Wildman–Crippen LogP) is 3.51. The van der Waals surface area contributed by atoms with Crippen LogP contribution in [0.1, 0.15) is 13.3 Å². The third-order valence-corrected chi connectivity index (χ3v) is 3.04. The topological polar surface area (TPSA) is 30.7 Å². The van der Waals surface area contributed by atoms with Crippen molar-refractivity contribution in [3.8, 4) is 11.4 Å². The van der Waals surface area contributed by atoms with E-state index < -0.39 is 0 Å². The molecule has 3 nitrogen and oxygen atoms in total. The fraction of sp³-hybridized carbons (Fsp3) is 0.200. The maximum Gasteiger partial charge on any atom is 0.141 e. The van der Waals surface area contributed by atoms with Gasteiger partial charge >= 0.3 is 0 Å². The Kier molecular flexibility index (Phi) is 2.81. The molecule has 0 unspecified atom stereocenters. The molecule has 18 heavy (non-hydrogen) atoms. The number of nitrogens with zero attached hydrogens (tertiary/aromatic N) is 3. The summed E-state index contributed by atoms with van der Waals surface area (Å²) in [5.74, 6) is 1.03. The van der Waals surface area contributed by atoms with Crippen LogP contribution in [0.15, 0.2) is 48.8 Å². The van der Waals surface area contributed by atoms with Crippen molar-refractivity contribution in [3.63, 3.8) is 0 Å². The highest BCUT2D eigenvalue weighted by Crippen LogP contribution is 2.24. The van der Waals surface area contributed by atoms with Crippen LogP contribution in [0.4, 0.5) is 0 Å². The molecule has 3 rings (SSSR count). The molecular weight excluding hydrogens is 222 g/mol. The summed E-state index contributed by atoms with van der Waals surface area (Å²) in [5, 5.41) is 0. The molecule has 3 heteroatoms. The quantitative estimate of drug-likeness (QED) is 0.698. The van der Waals surface area contributed by atoms with Crippen molar-refractivity contribution in [1.29, 1.82) is 0 Å². The Hall–Kier alpha value is -2.16. The van der Waals surface area contributed by atoms with Crippen molar-refractivity contribution >= 4 is 11.0 Å². The van der Waals surface area contributed by atoms with Crippen LogP contribution in [0, 0.1) is 0 Å². The Bertz CT molecular complexity index is 656. The smallest absolute Gasteiger partial charge is 0.141 e. The monoisotopic (exact) mass is 237 g/mol. The van der Waals surface area contributed by atoms with Gasteiger partial charge in [0, 0.05) is 24.5 Å². The minimum Gasteiger partial charge on any atom is -0.324 e. The lowest BCUT2D eigenvalue weighted by molar-refractivity contribution is 0.704. The zero-order chi connectivity index (χ0) is 12.4. The molecule has 90 valence electrons. The molecule has 0 fully saturated rings. The van der Waals surface area contributed by atoms with Crippen LogP contribution in [-0.2, 0) is 6.54 Å². The third-order valence-electron chi connectivity index (χ3n) is 3.04. The lowest BCUT2D eigenvalue weighted by Crippen LogP contribution is -1.99. The molecule has 0 atom stereocenters. The number of aromatic nitrogens is 3. The van der Waals surface area contributed by atoms with E-state index in [4.69, 9.17) is 4.98 Å². The van der Waals surface area contributed by atoms with Crippen molar-refractivity contribution in [2.75, 3.05) is 0 Å². The highest BCUT2D eigenvalue weighted by Gasteiger charge is 2.10. The van der Waals surface area contributed by atoms with Crippen LogP contribution in [0.25, 0.3) is 22.4 Å². The van der Waals surface area contributed by atoms with Gasteiger partial charge in [0.15, 0.2) is 0 Å². The Morgan fingerprint density at radius 2 is 1.83 bits per heavy atom. The Labute approximate surface area is 106 Å². The number of hydrogen-bond acceptors (Lipinski definition) is 2. The van der Waals surface area contributed by atoms with Crippen molar-refractivity contribution < 1.29 is 0 Å². The molecule has 1 aromatic carbocycles. The van der Waals surface area contributed by atoms with Crippen LogP contribution in [0.5, 0.6) is 0 Å². The van der Waals surface area contributed by atoms with Gasteiger partial charge in [0.1, 0.15) is 5.82 Å². The molecular formula is C15H15N3. The van der Waals surface area contributed by atoms with Gasteiger partial charge in [0.2, 0.25) is 0 Å². The van der Waals surface area contributed by atoms with E-state index >= 15 is 0 Å². The fourth-order valence-electron chi connectivity index (χ4n) is 2.25. The average Bonchev–Trinajstić information content (AvgIpc) is 2.80. The summed E-state index contributed by atoms with van der Waals surface area (Å²) in [6.45, 7) is 3.17. The average molecular weight is 237 g/mol. The van der Waals surface area contributed by atoms with E-state index in [2.05, 4.69) is 34.7 Å². The molecule has 0 N–H and O–H groups in total. The molecule has 0 amide bonds. The van der Waals surface area contributed by atoms with E-state index in [1.54, 1.807) is 0 Å². The van der Waals surface area contributed by atoms with E-state index in [9.17, 15) is 0 Å².